The number of hydrogen-bond donors (Lipinski definition) is 3. The van der Waals surface area contributed by atoms with E-state index in [0.717, 1.165) is 19.0 Å². The zero-order valence-corrected chi connectivity index (χ0v) is 14.6. The smallest absolute Gasteiger partial charge is 0.0515 e. The molecule has 0 aromatic heterocycles. The van der Waals surface area contributed by atoms with Crippen molar-refractivity contribution in [3.63, 3.8) is 0 Å². The van der Waals surface area contributed by atoms with Crippen LogP contribution in [-0.2, 0) is 0 Å². The second kappa shape index (κ2) is 8.25. The largest absolute Gasteiger partial charge is 0.313 e. The first-order chi connectivity index (χ1) is 11.2. The summed E-state index contributed by atoms with van der Waals surface area (Å²) in [5, 5.41) is 3.83. The minimum absolute atomic E-state index is 0.421. The maximum atomic E-state index is 3.83. The second-order valence-electron chi connectivity index (χ2n) is 7.55. The van der Waals surface area contributed by atoms with E-state index in [4.69, 9.17) is 0 Å². The highest BCUT2D eigenvalue weighted by Crippen LogP contribution is 2.24. The van der Waals surface area contributed by atoms with E-state index in [-0.39, 0.29) is 0 Å². The van der Waals surface area contributed by atoms with Crippen LogP contribution in [-0.4, -0.2) is 43.7 Å². The quantitative estimate of drug-likeness (QED) is 0.752. The van der Waals surface area contributed by atoms with E-state index in [1.165, 1.54) is 38.0 Å². The maximum Gasteiger partial charge on any atom is 0.0515 e. The molecule has 23 heavy (non-hydrogen) atoms. The first-order valence-electron chi connectivity index (χ1n) is 9.21. The first kappa shape index (κ1) is 16.9. The fraction of sp³-hybridized carbons (Fsp3) is 0.684. The standard InChI is InChI=1S/C19H32N4/c1-15(2)14-23-10-8-18(9-11-23)20-12-17-13-21-22-19(17)16-6-4-3-5-7-16/h3-7,15,17-22H,8-14H2,1-2H3. The Morgan fingerprint density at radius 3 is 2.61 bits per heavy atom. The average Bonchev–Trinajstić information content (AvgIpc) is 3.03. The Labute approximate surface area is 141 Å². The van der Waals surface area contributed by atoms with Crippen LogP contribution in [0.2, 0.25) is 0 Å². The molecular formula is C19H32N4. The lowest BCUT2D eigenvalue weighted by Crippen LogP contribution is -2.45. The number of hydrazine groups is 1. The molecule has 4 nitrogen and oxygen atoms in total. The summed E-state index contributed by atoms with van der Waals surface area (Å²) in [6, 6.07) is 11.9. The summed E-state index contributed by atoms with van der Waals surface area (Å²) in [7, 11) is 0. The van der Waals surface area contributed by atoms with E-state index in [1.807, 2.05) is 0 Å². The van der Waals surface area contributed by atoms with Crippen LogP contribution in [0.4, 0.5) is 0 Å². The third kappa shape index (κ3) is 4.77. The number of benzene rings is 1. The summed E-state index contributed by atoms with van der Waals surface area (Å²) >= 11 is 0. The summed E-state index contributed by atoms with van der Waals surface area (Å²) in [5.41, 5.74) is 8.17. The summed E-state index contributed by atoms with van der Waals surface area (Å²) in [6.07, 6.45) is 2.58. The Balaban J connectivity index is 1.44. The minimum Gasteiger partial charge on any atom is -0.313 e. The van der Waals surface area contributed by atoms with Gasteiger partial charge in [0.25, 0.3) is 0 Å². The Kier molecular flexibility index (Phi) is 6.06. The number of hydrogen-bond acceptors (Lipinski definition) is 4. The van der Waals surface area contributed by atoms with Gasteiger partial charge in [0.1, 0.15) is 0 Å². The van der Waals surface area contributed by atoms with Gasteiger partial charge in [-0.25, -0.2) is 5.43 Å². The van der Waals surface area contributed by atoms with Crippen LogP contribution >= 0.6 is 0 Å². The molecule has 2 unspecified atom stereocenters. The Morgan fingerprint density at radius 1 is 1.17 bits per heavy atom. The van der Waals surface area contributed by atoms with Gasteiger partial charge in [-0.2, -0.15) is 0 Å². The van der Waals surface area contributed by atoms with E-state index in [9.17, 15) is 0 Å². The first-order valence-corrected chi connectivity index (χ1v) is 9.21. The van der Waals surface area contributed by atoms with Gasteiger partial charge in [-0.15, -0.1) is 0 Å². The minimum atomic E-state index is 0.421. The Bertz CT molecular complexity index is 454. The number of nitrogens with zero attached hydrogens (tertiary/aromatic N) is 1. The molecule has 128 valence electrons. The van der Waals surface area contributed by atoms with Gasteiger partial charge in [0, 0.05) is 31.6 Å². The highest BCUT2D eigenvalue weighted by molar-refractivity contribution is 5.20. The number of rotatable bonds is 6. The van der Waals surface area contributed by atoms with Gasteiger partial charge < -0.3 is 10.2 Å². The number of nitrogens with one attached hydrogen (secondary N) is 3. The Morgan fingerprint density at radius 2 is 1.91 bits per heavy atom. The molecule has 0 amide bonds. The van der Waals surface area contributed by atoms with E-state index in [1.54, 1.807) is 0 Å². The van der Waals surface area contributed by atoms with Crippen LogP contribution in [0.15, 0.2) is 30.3 Å². The fourth-order valence-corrected chi connectivity index (χ4v) is 3.90. The van der Waals surface area contributed by atoms with E-state index in [2.05, 4.69) is 65.2 Å². The van der Waals surface area contributed by atoms with E-state index >= 15 is 0 Å². The van der Waals surface area contributed by atoms with E-state index < -0.39 is 0 Å². The SMILES string of the molecule is CC(C)CN1CCC(NCC2CNNC2c2ccccc2)CC1. The normalized spacial score (nSPS) is 26.9. The van der Waals surface area contributed by atoms with Gasteiger partial charge in [-0.1, -0.05) is 44.2 Å². The predicted molar refractivity (Wildman–Crippen MR) is 96.1 cm³/mol. The van der Waals surface area contributed by atoms with Crippen molar-refractivity contribution < 1.29 is 0 Å². The van der Waals surface area contributed by atoms with Crippen molar-refractivity contribution in [3.8, 4) is 0 Å². The van der Waals surface area contributed by atoms with Crippen LogP contribution in [0, 0.1) is 11.8 Å². The zero-order valence-electron chi connectivity index (χ0n) is 14.6. The Hall–Kier alpha value is -0.940. The molecule has 2 atom stereocenters. The van der Waals surface area contributed by atoms with Gasteiger partial charge >= 0.3 is 0 Å². The van der Waals surface area contributed by atoms with Crippen LogP contribution in [0.25, 0.3) is 0 Å². The lowest BCUT2D eigenvalue weighted by molar-refractivity contribution is 0.177. The van der Waals surface area contributed by atoms with Crippen LogP contribution in [0.1, 0.15) is 38.3 Å². The average molecular weight is 316 g/mol. The molecule has 2 aliphatic heterocycles. The lowest BCUT2D eigenvalue weighted by Gasteiger charge is -2.34. The van der Waals surface area contributed by atoms with Crippen molar-refractivity contribution in [2.24, 2.45) is 11.8 Å². The van der Waals surface area contributed by atoms with Crippen molar-refractivity contribution in [1.29, 1.82) is 0 Å². The number of likely N-dealkylation sites (tertiary alicyclic amines) is 1. The molecule has 0 radical (unpaired) electrons. The van der Waals surface area contributed by atoms with Gasteiger partial charge in [-0.3, -0.25) is 5.43 Å². The molecule has 2 heterocycles. The van der Waals surface area contributed by atoms with Crippen molar-refractivity contribution in [1.82, 2.24) is 21.1 Å². The van der Waals surface area contributed by atoms with Gasteiger partial charge in [0.05, 0.1) is 6.04 Å². The molecule has 2 saturated heterocycles. The monoisotopic (exact) mass is 316 g/mol. The van der Waals surface area contributed by atoms with Crippen molar-refractivity contribution >= 4 is 0 Å². The summed E-state index contributed by atoms with van der Waals surface area (Å²) in [4.78, 5) is 2.62. The lowest BCUT2D eigenvalue weighted by atomic mass is 9.94. The van der Waals surface area contributed by atoms with Crippen molar-refractivity contribution in [2.45, 2.75) is 38.8 Å². The molecular weight excluding hydrogens is 284 g/mol. The molecule has 3 rings (SSSR count). The molecule has 0 aliphatic carbocycles. The molecule has 0 spiro atoms. The zero-order chi connectivity index (χ0) is 16.1. The molecule has 1 aromatic rings. The van der Waals surface area contributed by atoms with Crippen LogP contribution in [0.3, 0.4) is 0 Å². The van der Waals surface area contributed by atoms with Crippen molar-refractivity contribution in [2.75, 3.05) is 32.7 Å². The summed E-state index contributed by atoms with van der Waals surface area (Å²) < 4.78 is 0. The van der Waals surface area contributed by atoms with Gasteiger partial charge in [0.2, 0.25) is 0 Å². The van der Waals surface area contributed by atoms with Gasteiger partial charge in [0.15, 0.2) is 0 Å². The van der Waals surface area contributed by atoms with Gasteiger partial charge in [-0.05, 0) is 37.4 Å². The summed E-state index contributed by atoms with van der Waals surface area (Å²) in [6.45, 7) is 10.5. The number of piperidine rings is 1. The molecule has 3 N–H and O–H groups in total. The van der Waals surface area contributed by atoms with E-state index in [0.29, 0.717) is 18.0 Å². The summed E-state index contributed by atoms with van der Waals surface area (Å²) in [5.74, 6) is 1.40. The predicted octanol–water partition coefficient (Wildman–Crippen LogP) is 2.16. The third-order valence-electron chi connectivity index (χ3n) is 5.13. The molecule has 2 fully saturated rings. The molecule has 1 aromatic carbocycles. The van der Waals surface area contributed by atoms with Crippen LogP contribution < -0.4 is 16.2 Å². The third-order valence-corrected chi connectivity index (χ3v) is 5.13. The fourth-order valence-electron chi connectivity index (χ4n) is 3.90. The molecule has 4 heteroatoms. The highest BCUT2D eigenvalue weighted by atomic mass is 15.4. The highest BCUT2D eigenvalue weighted by Gasteiger charge is 2.29. The maximum absolute atomic E-state index is 3.83. The molecule has 0 saturated carbocycles. The van der Waals surface area contributed by atoms with Crippen molar-refractivity contribution in [3.05, 3.63) is 35.9 Å². The molecule has 2 aliphatic rings. The van der Waals surface area contributed by atoms with Crippen LogP contribution in [0.5, 0.6) is 0 Å². The molecule has 0 bridgehead atoms. The topological polar surface area (TPSA) is 39.3 Å². The second-order valence-corrected chi connectivity index (χ2v) is 7.55.